The predicted octanol–water partition coefficient (Wildman–Crippen LogP) is 0.571. The van der Waals surface area contributed by atoms with Gasteiger partial charge in [0.1, 0.15) is 5.76 Å². The van der Waals surface area contributed by atoms with Gasteiger partial charge in [0, 0.05) is 0 Å². The maximum atomic E-state index is 11.1. The highest BCUT2D eigenvalue weighted by Crippen LogP contribution is 2.40. The van der Waals surface area contributed by atoms with Crippen LogP contribution in [0.25, 0.3) is 0 Å². The molecule has 84 valence electrons. The molecule has 1 atom stereocenters. The van der Waals surface area contributed by atoms with E-state index in [1.54, 1.807) is 6.92 Å². The van der Waals surface area contributed by atoms with Crippen LogP contribution in [-0.2, 0) is 13.7 Å². The Balaban J connectivity index is 4.34. The molecule has 0 saturated heterocycles. The topological polar surface area (TPSA) is 78.8 Å². The first-order chi connectivity index (χ1) is 6.18. The Morgan fingerprint density at radius 3 is 2.50 bits per heavy atom. The number of phosphoric acid groups is 1. The Morgan fingerprint density at radius 1 is 1.64 bits per heavy atom. The normalized spacial score (nSPS) is 16.3. The van der Waals surface area contributed by atoms with Crippen LogP contribution < -0.4 is 4.89 Å². The third-order valence-corrected chi connectivity index (χ3v) is 2.39. The van der Waals surface area contributed by atoms with Crippen molar-refractivity contribution < 1.29 is 28.4 Å². The number of hydroxylamine groups is 3. The van der Waals surface area contributed by atoms with Crippen molar-refractivity contribution in [2.45, 2.75) is 6.92 Å². The minimum Gasteiger partial charge on any atom is -0.752 e. The summed E-state index contributed by atoms with van der Waals surface area (Å²) in [5.41, 5.74) is 0. The maximum Gasteiger partial charge on any atom is 0.325 e. The molecule has 0 aromatic carbocycles. The minimum atomic E-state index is -4.30. The first-order valence-electron chi connectivity index (χ1n) is 4.05. The lowest BCUT2D eigenvalue weighted by Crippen LogP contribution is -2.41. The average molecular weight is 225 g/mol. The van der Waals surface area contributed by atoms with E-state index in [0.717, 1.165) is 0 Å². The Kier molecular flexibility index (Phi) is 4.77. The first-order valence-corrected chi connectivity index (χ1v) is 5.51. The van der Waals surface area contributed by atoms with Crippen LogP contribution in [-0.4, -0.2) is 37.0 Å². The summed E-state index contributed by atoms with van der Waals surface area (Å²) in [6.45, 7) is 4.77. The van der Waals surface area contributed by atoms with Crippen molar-refractivity contribution >= 4 is 7.82 Å². The van der Waals surface area contributed by atoms with Gasteiger partial charge in [0.25, 0.3) is 0 Å². The van der Waals surface area contributed by atoms with Crippen LogP contribution in [0.1, 0.15) is 6.92 Å². The Labute approximate surface area is 83.5 Å². The summed E-state index contributed by atoms with van der Waals surface area (Å²) in [6.07, 6.45) is 0. The highest BCUT2D eigenvalue weighted by molar-refractivity contribution is 7.45. The third kappa shape index (κ3) is 6.12. The van der Waals surface area contributed by atoms with Crippen LogP contribution in [0, 0.1) is 0 Å². The maximum absolute atomic E-state index is 11.1. The molecule has 0 heterocycles. The molecule has 1 unspecified atom stereocenters. The smallest absolute Gasteiger partial charge is 0.325 e. The quantitative estimate of drug-likeness (QED) is 0.309. The first kappa shape index (κ1) is 13.6. The molecule has 0 aliphatic heterocycles. The summed E-state index contributed by atoms with van der Waals surface area (Å²) in [7, 11) is -1.37. The van der Waals surface area contributed by atoms with E-state index in [1.165, 1.54) is 14.1 Å². The lowest BCUT2D eigenvalue weighted by Gasteiger charge is -2.32. The van der Waals surface area contributed by atoms with Gasteiger partial charge in [-0.3, -0.25) is 4.57 Å². The van der Waals surface area contributed by atoms with E-state index in [2.05, 4.69) is 15.7 Å². The highest BCUT2D eigenvalue weighted by atomic mass is 31.2. The molecule has 0 bridgehead atoms. The fourth-order valence-corrected chi connectivity index (χ4v) is 1.88. The molecule has 6 nitrogen and oxygen atoms in total. The fraction of sp³-hybridized carbons (Fsp3) is 0.714. The Hall–Kier alpha value is -0.390. The van der Waals surface area contributed by atoms with E-state index < -0.39 is 12.5 Å². The number of aliphatic hydroxyl groups is 1. The zero-order valence-electron chi connectivity index (χ0n) is 8.60. The van der Waals surface area contributed by atoms with Crippen LogP contribution in [0.5, 0.6) is 0 Å². The SMILES string of the molecule is C=C(O)C[N+](C)(C)OP(=O)([O-])OCC. The number of aliphatic hydroxyl groups excluding tert-OH is 1. The molecular formula is C7H16NO5P. The summed E-state index contributed by atoms with van der Waals surface area (Å²) in [5, 5.41) is 8.89. The van der Waals surface area contributed by atoms with Crippen molar-refractivity contribution in [3.05, 3.63) is 12.3 Å². The van der Waals surface area contributed by atoms with Gasteiger partial charge in [0.15, 0.2) is 6.54 Å². The van der Waals surface area contributed by atoms with Crippen LogP contribution in [0.3, 0.4) is 0 Å². The summed E-state index contributed by atoms with van der Waals surface area (Å²) in [4.78, 5) is 11.1. The molecule has 0 aromatic rings. The van der Waals surface area contributed by atoms with Gasteiger partial charge in [0.2, 0.25) is 0 Å². The average Bonchev–Trinajstić information content (AvgIpc) is 1.78. The van der Waals surface area contributed by atoms with Crippen molar-refractivity contribution in [3.8, 4) is 0 Å². The summed E-state index contributed by atoms with van der Waals surface area (Å²) in [5.74, 6) is -0.161. The van der Waals surface area contributed by atoms with Gasteiger partial charge in [-0.25, -0.2) is 0 Å². The van der Waals surface area contributed by atoms with Gasteiger partial charge in [-0.15, -0.1) is 4.62 Å². The van der Waals surface area contributed by atoms with Crippen molar-refractivity contribution in [2.24, 2.45) is 0 Å². The molecule has 0 aliphatic rings. The second-order valence-corrected chi connectivity index (χ2v) is 4.56. The summed E-state index contributed by atoms with van der Waals surface area (Å²) < 4.78 is 19.8. The third-order valence-electron chi connectivity index (χ3n) is 1.17. The lowest BCUT2D eigenvalue weighted by molar-refractivity contribution is -1.05. The van der Waals surface area contributed by atoms with E-state index in [9.17, 15) is 9.46 Å². The molecule has 1 N–H and O–H groups in total. The van der Waals surface area contributed by atoms with Crippen molar-refractivity contribution in [2.75, 3.05) is 27.2 Å². The molecule has 7 heteroatoms. The van der Waals surface area contributed by atoms with E-state index >= 15 is 0 Å². The molecule has 14 heavy (non-hydrogen) atoms. The molecule has 0 spiro atoms. The monoisotopic (exact) mass is 225 g/mol. The van der Waals surface area contributed by atoms with Gasteiger partial charge in [0.05, 0.1) is 20.7 Å². The zero-order valence-corrected chi connectivity index (χ0v) is 9.49. The molecule has 0 aromatic heterocycles. The van der Waals surface area contributed by atoms with Gasteiger partial charge >= 0.3 is 7.82 Å². The largest absolute Gasteiger partial charge is 0.752 e. The lowest BCUT2D eigenvalue weighted by atomic mass is 10.5. The molecular weight excluding hydrogens is 209 g/mol. The number of rotatable bonds is 6. The van der Waals surface area contributed by atoms with Crippen molar-refractivity contribution in [3.63, 3.8) is 0 Å². The van der Waals surface area contributed by atoms with Crippen molar-refractivity contribution in [1.29, 1.82) is 0 Å². The van der Waals surface area contributed by atoms with Crippen LogP contribution in [0.4, 0.5) is 0 Å². The van der Waals surface area contributed by atoms with Gasteiger partial charge in [-0.2, -0.15) is 4.65 Å². The van der Waals surface area contributed by atoms with Gasteiger partial charge in [-0.05, 0) is 6.92 Å². The molecule has 0 saturated carbocycles. The minimum absolute atomic E-state index is 0.0147. The predicted molar refractivity (Wildman–Crippen MR) is 49.1 cm³/mol. The number of likely N-dealkylation sites (N-methyl/N-ethyl adjacent to an activating group) is 1. The van der Waals surface area contributed by atoms with Gasteiger partial charge < -0.3 is 14.5 Å². The second kappa shape index (κ2) is 4.91. The number of hydrogen-bond acceptors (Lipinski definition) is 5. The molecule has 0 fully saturated rings. The van der Waals surface area contributed by atoms with E-state index in [1.807, 2.05) is 0 Å². The fourth-order valence-electron chi connectivity index (χ4n) is 0.921. The molecule has 0 rings (SSSR count). The second-order valence-electron chi connectivity index (χ2n) is 3.24. The number of nitrogens with zero attached hydrogens (tertiary/aromatic N) is 1. The number of hydrogen-bond donors (Lipinski definition) is 1. The standard InChI is InChI=1S/C7H16NO5P/c1-5-12-14(10,11)13-8(3,4)6-7(2)9/h2,5-6H2,1,3-4H3,(H-,9,10,11). The molecule has 0 aliphatic carbocycles. The van der Waals surface area contributed by atoms with Crippen LogP contribution in [0.2, 0.25) is 0 Å². The van der Waals surface area contributed by atoms with Crippen LogP contribution >= 0.6 is 7.82 Å². The molecule has 0 radical (unpaired) electrons. The summed E-state index contributed by atoms with van der Waals surface area (Å²) >= 11 is 0. The Bertz CT molecular complexity index is 252. The van der Waals surface area contributed by atoms with E-state index in [0.29, 0.717) is 0 Å². The zero-order chi connectivity index (χ0) is 11.4. The van der Waals surface area contributed by atoms with E-state index in [4.69, 9.17) is 5.11 Å². The summed E-state index contributed by atoms with van der Waals surface area (Å²) in [6, 6.07) is 0. The van der Waals surface area contributed by atoms with Crippen LogP contribution in [0.15, 0.2) is 12.3 Å². The number of quaternary nitrogens is 1. The highest BCUT2D eigenvalue weighted by Gasteiger charge is 2.26. The van der Waals surface area contributed by atoms with Gasteiger partial charge in [-0.1, -0.05) is 6.58 Å². The Morgan fingerprint density at radius 2 is 2.14 bits per heavy atom. The van der Waals surface area contributed by atoms with E-state index in [-0.39, 0.29) is 18.9 Å². The van der Waals surface area contributed by atoms with Crippen molar-refractivity contribution in [1.82, 2.24) is 0 Å². The molecule has 0 amide bonds. The number of phosphoric ester groups is 1.